The smallest absolute Gasteiger partial charge is 0.172 e. The third-order valence-corrected chi connectivity index (χ3v) is 4.99. The van der Waals surface area contributed by atoms with Crippen LogP contribution in [0.5, 0.6) is 0 Å². The summed E-state index contributed by atoms with van der Waals surface area (Å²) in [7, 11) is 1.95. The molecule has 120 valence electrons. The summed E-state index contributed by atoms with van der Waals surface area (Å²) in [6.45, 7) is 2.75. The summed E-state index contributed by atoms with van der Waals surface area (Å²) < 4.78 is 1.88. The Balaban J connectivity index is 1.74. The summed E-state index contributed by atoms with van der Waals surface area (Å²) in [4.78, 5) is 10.5. The second kappa shape index (κ2) is 6.05. The van der Waals surface area contributed by atoms with Crippen LogP contribution in [0.15, 0.2) is 48.0 Å². The van der Waals surface area contributed by atoms with Gasteiger partial charge < -0.3 is 5.32 Å². The molecule has 0 amide bonds. The lowest BCUT2D eigenvalue weighted by Gasteiger charge is -2.10. The number of aryl methyl sites for hydroxylation is 1. The van der Waals surface area contributed by atoms with Crippen LogP contribution >= 0.6 is 11.3 Å². The van der Waals surface area contributed by atoms with Gasteiger partial charge in [-0.15, -0.1) is 11.3 Å². The molecular formula is C18H17N5S. The summed E-state index contributed by atoms with van der Waals surface area (Å²) in [5, 5.41) is 10.8. The number of nitrogens with zero attached hydrogens (tertiary/aromatic N) is 4. The maximum absolute atomic E-state index is 4.76. The number of hydrogen-bond acceptors (Lipinski definition) is 5. The molecule has 24 heavy (non-hydrogen) atoms. The van der Waals surface area contributed by atoms with Crippen LogP contribution in [0.1, 0.15) is 11.3 Å². The molecule has 3 heterocycles. The minimum absolute atomic E-state index is 0.685. The van der Waals surface area contributed by atoms with Gasteiger partial charge >= 0.3 is 0 Å². The molecule has 0 radical (unpaired) electrons. The van der Waals surface area contributed by atoms with E-state index in [2.05, 4.69) is 17.3 Å². The van der Waals surface area contributed by atoms with E-state index in [9.17, 15) is 0 Å². The zero-order valence-corrected chi connectivity index (χ0v) is 14.3. The van der Waals surface area contributed by atoms with Gasteiger partial charge in [-0.05, 0) is 30.5 Å². The zero-order valence-electron chi connectivity index (χ0n) is 13.5. The number of rotatable bonds is 4. The molecule has 1 aromatic carbocycles. The van der Waals surface area contributed by atoms with Gasteiger partial charge in [-0.1, -0.05) is 18.2 Å². The molecule has 0 spiro atoms. The largest absolute Gasteiger partial charge is 0.365 e. The first-order valence-corrected chi connectivity index (χ1v) is 8.62. The van der Waals surface area contributed by atoms with E-state index in [1.54, 1.807) is 11.3 Å². The molecule has 0 unspecified atom stereocenters. The van der Waals surface area contributed by atoms with Crippen molar-refractivity contribution < 1.29 is 0 Å². The third kappa shape index (κ3) is 2.65. The van der Waals surface area contributed by atoms with Crippen molar-refractivity contribution in [3.8, 4) is 10.7 Å². The Bertz CT molecular complexity index is 988. The average Bonchev–Trinajstić information content (AvgIpc) is 3.24. The molecule has 4 aromatic rings. The zero-order chi connectivity index (χ0) is 16.5. The van der Waals surface area contributed by atoms with Crippen molar-refractivity contribution in [3.63, 3.8) is 0 Å². The van der Waals surface area contributed by atoms with E-state index in [1.165, 1.54) is 0 Å². The van der Waals surface area contributed by atoms with Gasteiger partial charge in [-0.25, -0.2) is 9.97 Å². The Morgan fingerprint density at radius 2 is 2.00 bits per heavy atom. The summed E-state index contributed by atoms with van der Waals surface area (Å²) in [6.07, 6.45) is 1.89. The molecule has 0 fully saturated rings. The van der Waals surface area contributed by atoms with Gasteiger partial charge in [0.15, 0.2) is 5.82 Å². The van der Waals surface area contributed by atoms with Crippen LogP contribution in [0, 0.1) is 6.92 Å². The lowest BCUT2D eigenvalue weighted by atomic mass is 10.2. The van der Waals surface area contributed by atoms with Gasteiger partial charge in [0.05, 0.1) is 16.6 Å². The molecule has 0 saturated carbocycles. The summed E-state index contributed by atoms with van der Waals surface area (Å²) >= 11 is 1.65. The van der Waals surface area contributed by atoms with Gasteiger partial charge in [0, 0.05) is 30.2 Å². The molecule has 0 aliphatic heterocycles. The fourth-order valence-corrected chi connectivity index (χ4v) is 3.28. The maximum Gasteiger partial charge on any atom is 0.172 e. The standard InChI is InChI=1S/C18H17N5S/c1-12-13(11-20-23(12)2)10-19-17-14-6-3-4-7-15(14)21-18(22-17)16-8-5-9-24-16/h3-9,11H,10H2,1-2H3,(H,19,21,22). The molecule has 0 aliphatic carbocycles. The molecule has 0 aliphatic rings. The fourth-order valence-electron chi connectivity index (χ4n) is 2.62. The molecule has 0 bridgehead atoms. The van der Waals surface area contributed by atoms with Crippen molar-refractivity contribution in [1.82, 2.24) is 19.7 Å². The molecule has 0 atom stereocenters. The predicted octanol–water partition coefficient (Wildman–Crippen LogP) is 4.01. The Morgan fingerprint density at radius 1 is 1.12 bits per heavy atom. The molecule has 5 nitrogen and oxygen atoms in total. The Morgan fingerprint density at radius 3 is 2.75 bits per heavy atom. The maximum atomic E-state index is 4.76. The first kappa shape index (κ1) is 14.8. The number of thiophene rings is 1. The Labute approximate surface area is 144 Å². The second-order valence-corrected chi connectivity index (χ2v) is 6.57. The van der Waals surface area contributed by atoms with Gasteiger partial charge in [0.1, 0.15) is 5.82 Å². The molecule has 3 aromatic heterocycles. The minimum Gasteiger partial charge on any atom is -0.365 e. The van der Waals surface area contributed by atoms with Crippen LogP contribution in [0.2, 0.25) is 0 Å². The van der Waals surface area contributed by atoms with Gasteiger partial charge in [0.2, 0.25) is 0 Å². The summed E-state index contributed by atoms with van der Waals surface area (Å²) in [5.74, 6) is 1.61. The van der Waals surface area contributed by atoms with Crippen molar-refractivity contribution in [2.24, 2.45) is 7.05 Å². The van der Waals surface area contributed by atoms with E-state index in [0.29, 0.717) is 6.54 Å². The second-order valence-electron chi connectivity index (χ2n) is 5.62. The number of benzene rings is 1. The SMILES string of the molecule is Cc1c(CNc2nc(-c3cccs3)nc3ccccc23)cnn1C. The van der Waals surface area contributed by atoms with E-state index < -0.39 is 0 Å². The van der Waals surface area contributed by atoms with Crippen LogP contribution in [0.25, 0.3) is 21.6 Å². The van der Waals surface area contributed by atoms with E-state index in [4.69, 9.17) is 9.97 Å². The number of nitrogens with one attached hydrogen (secondary N) is 1. The number of hydrogen-bond donors (Lipinski definition) is 1. The topological polar surface area (TPSA) is 55.6 Å². The monoisotopic (exact) mass is 335 g/mol. The van der Waals surface area contributed by atoms with Gasteiger partial charge in [-0.3, -0.25) is 4.68 Å². The highest BCUT2D eigenvalue weighted by molar-refractivity contribution is 7.13. The van der Waals surface area contributed by atoms with E-state index in [-0.39, 0.29) is 0 Å². The van der Waals surface area contributed by atoms with E-state index >= 15 is 0 Å². The summed E-state index contributed by atoms with van der Waals surface area (Å²) in [6, 6.07) is 12.1. The molecular weight excluding hydrogens is 318 g/mol. The predicted molar refractivity (Wildman–Crippen MR) is 98.1 cm³/mol. The Hall–Kier alpha value is -2.73. The number of aromatic nitrogens is 4. The molecule has 6 heteroatoms. The summed E-state index contributed by atoms with van der Waals surface area (Å²) in [5.41, 5.74) is 3.26. The van der Waals surface area contributed by atoms with Crippen molar-refractivity contribution in [1.29, 1.82) is 0 Å². The number of fused-ring (bicyclic) bond motifs is 1. The van der Waals surface area contributed by atoms with Gasteiger partial charge in [-0.2, -0.15) is 5.10 Å². The third-order valence-electron chi connectivity index (χ3n) is 4.13. The lowest BCUT2D eigenvalue weighted by molar-refractivity contribution is 0.738. The number of anilines is 1. The van der Waals surface area contributed by atoms with Crippen LogP contribution in [0.3, 0.4) is 0 Å². The van der Waals surface area contributed by atoms with Crippen LogP contribution in [0.4, 0.5) is 5.82 Å². The average molecular weight is 335 g/mol. The van der Waals surface area contributed by atoms with Crippen molar-refractivity contribution in [2.45, 2.75) is 13.5 Å². The number of para-hydroxylation sites is 1. The molecule has 4 rings (SSSR count). The fraction of sp³-hybridized carbons (Fsp3) is 0.167. The Kier molecular flexibility index (Phi) is 3.74. The first-order valence-electron chi connectivity index (χ1n) is 7.74. The molecule has 0 saturated heterocycles. The lowest BCUT2D eigenvalue weighted by Crippen LogP contribution is -2.05. The van der Waals surface area contributed by atoms with E-state index in [1.807, 2.05) is 59.7 Å². The highest BCUT2D eigenvalue weighted by Crippen LogP contribution is 2.27. The quantitative estimate of drug-likeness (QED) is 0.612. The van der Waals surface area contributed by atoms with Gasteiger partial charge in [0.25, 0.3) is 0 Å². The normalized spacial score (nSPS) is 11.1. The van der Waals surface area contributed by atoms with Crippen LogP contribution in [-0.4, -0.2) is 19.7 Å². The minimum atomic E-state index is 0.685. The highest BCUT2D eigenvalue weighted by Gasteiger charge is 2.11. The van der Waals surface area contributed by atoms with Crippen LogP contribution in [-0.2, 0) is 13.6 Å². The van der Waals surface area contributed by atoms with Crippen molar-refractivity contribution >= 4 is 28.1 Å². The van der Waals surface area contributed by atoms with Crippen molar-refractivity contribution in [2.75, 3.05) is 5.32 Å². The molecule has 1 N–H and O–H groups in total. The first-order chi connectivity index (χ1) is 11.7. The van der Waals surface area contributed by atoms with Crippen molar-refractivity contribution in [3.05, 3.63) is 59.2 Å². The highest BCUT2D eigenvalue weighted by atomic mass is 32.1. The van der Waals surface area contributed by atoms with E-state index in [0.717, 1.165) is 38.7 Å². The van der Waals surface area contributed by atoms with Crippen LogP contribution < -0.4 is 5.32 Å².